The number of benzene rings is 1. The van der Waals surface area contributed by atoms with E-state index in [-0.39, 0.29) is 5.91 Å². The molecule has 1 aromatic heterocycles. The second-order valence-corrected chi connectivity index (χ2v) is 4.85. The molecule has 0 saturated carbocycles. The maximum atomic E-state index is 12.2. The number of hydrogen-bond donors (Lipinski definition) is 2. The Balaban J connectivity index is 1.97. The van der Waals surface area contributed by atoms with Crippen molar-refractivity contribution in [2.45, 2.75) is 6.42 Å². The molecule has 1 aromatic carbocycles. The second-order valence-electron chi connectivity index (χ2n) is 4.85. The van der Waals surface area contributed by atoms with Crippen LogP contribution in [-0.2, 0) is 4.74 Å². The number of nitrogens with zero attached hydrogens (tertiary/aromatic N) is 2. The monoisotopic (exact) mass is 310 g/mol. The van der Waals surface area contributed by atoms with Crippen molar-refractivity contribution < 1.29 is 9.53 Å². The van der Waals surface area contributed by atoms with Gasteiger partial charge in [-0.15, -0.1) is 0 Å². The zero-order valence-electron chi connectivity index (χ0n) is 12.9. The van der Waals surface area contributed by atoms with Gasteiger partial charge in [0.25, 0.3) is 5.91 Å². The molecule has 6 nitrogen and oxygen atoms in total. The van der Waals surface area contributed by atoms with E-state index < -0.39 is 0 Å². The Kier molecular flexibility index (Phi) is 6.09. The van der Waals surface area contributed by atoms with Crippen LogP contribution in [0, 0.1) is 11.3 Å². The molecule has 6 heteroatoms. The zero-order chi connectivity index (χ0) is 16.5. The first-order chi connectivity index (χ1) is 11.2. The third kappa shape index (κ3) is 5.09. The lowest BCUT2D eigenvalue weighted by molar-refractivity contribution is 0.102. The van der Waals surface area contributed by atoms with Crippen molar-refractivity contribution in [1.29, 1.82) is 5.26 Å². The van der Waals surface area contributed by atoms with Gasteiger partial charge in [0.2, 0.25) is 0 Å². The lowest BCUT2D eigenvalue weighted by Crippen LogP contribution is -2.13. The van der Waals surface area contributed by atoms with Crippen molar-refractivity contribution in [2.24, 2.45) is 0 Å². The number of methoxy groups -OCH3 is 1. The van der Waals surface area contributed by atoms with E-state index >= 15 is 0 Å². The highest BCUT2D eigenvalue weighted by Gasteiger charge is 2.07. The van der Waals surface area contributed by atoms with E-state index in [0.29, 0.717) is 29.2 Å². The number of aromatic nitrogens is 1. The summed E-state index contributed by atoms with van der Waals surface area (Å²) >= 11 is 0. The molecule has 0 aliphatic carbocycles. The second kappa shape index (κ2) is 8.51. The summed E-state index contributed by atoms with van der Waals surface area (Å²) in [5, 5.41) is 14.7. The molecule has 2 rings (SSSR count). The fourth-order valence-corrected chi connectivity index (χ4v) is 1.93. The van der Waals surface area contributed by atoms with Crippen LogP contribution in [0.3, 0.4) is 0 Å². The predicted molar refractivity (Wildman–Crippen MR) is 88.3 cm³/mol. The minimum absolute atomic E-state index is 0.225. The summed E-state index contributed by atoms with van der Waals surface area (Å²) in [6.07, 6.45) is 2.45. The van der Waals surface area contributed by atoms with E-state index in [1.54, 1.807) is 49.7 Å². The van der Waals surface area contributed by atoms with Crippen molar-refractivity contribution in [1.82, 2.24) is 4.98 Å². The van der Waals surface area contributed by atoms with Crippen LogP contribution in [0.4, 0.5) is 11.5 Å². The summed E-state index contributed by atoms with van der Waals surface area (Å²) in [4.78, 5) is 16.4. The predicted octanol–water partition coefficient (Wildman–Crippen LogP) is 2.65. The molecule has 0 unspecified atom stereocenters. The third-order valence-corrected chi connectivity index (χ3v) is 3.13. The highest BCUT2D eigenvalue weighted by Crippen LogP contribution is 2.12. The molecule has 0 spiro atoms. The van der Waals surface area contributed by atoms with E-state index in [4.69, 9.17) is 10.00 Å². The summed E-state index contributed by atoms with van der Waals surface area (Å²) in [7, 11) is 1.66. The summed E-state index contributed by atoms with van der Waals surface area (Å²) in [5.41, 5.74) is 1.70. The molecule has 0 saturated heterocycles. The number of anilines is 2. The van der Waals surface area contributed by atoms with Gasteiger partial charge in [-0.2, -0.15) is 5.26 Å². The average Bonchev–Trinajstić information content (AvgIpc) is 2.60. The van der Waals surface area contributed by atoms with Gasteiger partial charge >= 0.3 is 0 Å². The van der Waals surface area contributed by atoms with Crippen LogP contribution < -0.4 is 10.6 Å². The number of carbonyl (C=O) groups excluding carboxylic acids is 1. The quantitative estimate of drug-likeness (QED) is 0.768. The number of nitriles is 1. The molecule has 2 N–H and O–H groups in total. The standard InChI is InChI=1S/C17H18N4O2/c1-23-10-2-8-19-16-11-14(7-9-20-16)17(22)21-15-5-3-13(12-18)4-6-15/h3-7,9,11H,2,8,10H2,1H3,(H,19,20)(H,21,22). The van der Waals surface area contributed by atoms with Gasteiger partial charge < -0.3 is 15.4 Å². The van der Waals surface area contributed by atoms with Crippen LogP contribution in [-0.4, -0.2) is 31.2 Å². The Morgan fingerprint density at radius 3 is 2.78 bits per heavy atom. The van der Waals surface area contributed by atoms with Crippen molar-refractivity contribution in [3.8, 4) is 6.07 Å². The molecule has 0 radical (unpaired) electrons. The molecule has 1 heterocycles. The Labute approximate surface area is 135 Å². The number of pyridine rings is 1. The number of amides is 1. The van der Waals surface area contributed by atoms with E-state index in [2.05, 4.69) is 15.6 Å². The minimum Gasteiger partial charge on any atom is -0.385 e. The maximum absolute atomic E-state index is 12.2. The summed E-state index contributed by atoms with van der Waals surface area (Å²) in [5.74, 6) is 0.422. The molecule has 0 aliphatic heterocycles. The Bertz CT molecular complexity index is 692. The normalized spacial score (nSPS) is 9.91. The summed E-state index contributed by atoms with van der Waals surface area (Å²) < 4.78 is 4.98. The largest absolute Gasteiger partial charge is 0.385 e. The fraction of sp³-hybridized carbons (Fsp3) is 0.235. The molecular weight excluding hydrogens is 292 g/mol. The van der Waals surface area contributed by atoms with Gasteiger partial charge in [-0.25, -0.2) is 4.98 Å². The molecule has 0 aliphatic rings. The smallest absolute Gasteiger partial charge is 0.255 e. The minimum atomic E-state index is -0.225. The van der Waals surface area contributed by atoms with Crippen molar-refractivity contribution >= 4 is 17.4 Å². The molecule has 2 aromatic rings. The van der Waals surface area contributed by atoms with Crippen LogP contribution in [0.1, 0.15) is 22.3 Å². The SMILES string of the molecule is COCCCNc1cc(C(=O)Nc2ccc(C#N)cc2)ccn1. The third-order valence-electron chi connectivity index (χ3n) is 3.13. The first kappa shape index (κ1) is 16.5. The lowest BCUT2D eigenvalue weighted by Gasteiger charge is -2.08. The van der Waals surface area contributed by atoms with Gasteiger partial charge in [0.05, 0.1) is 11.6 Å². The number of ether oxygens (including phenoxy) is 1. The van der Waals surface area contributed by atoms with Crippen molar-refractivity contribution in [3.05, 3.63) is 53.7 Å². The van der Waals surface area contributed by atoms with E-state index in [0.717, 1.165) is 13.0 Å². The topological polar surface area (TPSA) is 87.0 Å². The van der Waals surface area contributed by atoms with Gasteiger partial charge in [-0.3, -0.25) is 4.79 Å². The summed E-state index contributed by atoms with van der Waals surface area (Å²) in [6, 6.07) is 12.1. The Hall–Kier alpha value is -2.91. The molecular formula is C17H18N4O2. The zero-order valence-corrected chi connectivity index (χ0v) is 12.9. The maximum Gasteiger partial charge on any atom is 0.255 e. The Morgan fingerprint density at radius 1 is 1.30 bits per heavy atom. The first-order valence-electron chi connectivity index (χ1n) is 7.23. The highest BCUT2D eigenvalue weighted by molar-refractivity contribution is 6.04. The van der Waals surface area contributed by atoms with E-state index in [1.807, 2.05) is 6.07 Å². The lowest BCUT2D eigenvalue weighted by atomic mass is 10.2. The van der Waals surface area contributed by atoms with Crippen molar-refractivity contribution in [2.75, 3.05) is 30.9 Å². The van der Waals surface area contributed by atoms with Crippen LogP contribution in [0.2, 0.25) is 0 Å². The van der Waals surface area contributed by atoms with Crippen LogP contribution in [0.5, 0.6) is 0 Å². The van der Waals surface area contributed by atoms with Gasteiger partial charge in [-0.1, -0.05) is 0 Å². The molecule has 0 fully saturated rings. The molecule has 23 heavy (non-hydrogen) atoms. The molecule has 118 valence electrons. The number of rotatable bonds is 7. The number of nitrogens with one attached hydrogen (secondary N) is 2. The van der Waals surface area contributed by atoms with Crippen LogP contribution >= 0.6 is 0 Å². The van der Waals surface area contributed by atoms with Gasteiger partial charge in [0.15, 0.2) is 0 Å². The van der Waals surface area contributed by atoms with Crippen LogP contribution in [0.25, 0.3) is 0 Å². The van der Waals surface area contributed by atoms with E-state index in [1.165, 1.54) is 0 Å². The average molecular weight is 310 g/mol. The van der Waals surface area contributed by atoms with Gasteiger partial charge in [-0.05, 0) is 42.8 Å². The van der Waals surface area contributed by atoms with Crippen molar-refractivity contribution in [3.63, 3.8) is 0 Å². The van der Waals surface area contributed by atoms with Crippen LogP contribution in [0.15, 0.2) is 42.6 Å². The number of hydrogen-bond acceptors (Lipinski definition) is 5. The van der Waals surface area contributed by atoms with Gasteiger partial charge in [0, 0.05) is 37.7 Å². The Morgan fingerprint density at radius 2 is 2.09 bits per heavy atom. The van der Waals surface area contributed by atoms with E-state index in [9.17, 15) is 4.79 Å². The highest BCUT2D eigenvalue weighted by atomic mass is 16.5. The van der Waals surface area contributed by atoms with Gasteiger partial charge in [0.1, 0.15) is 5.82 Å². The number of carbonyl (C=O) groups is 1. The molecule has 1 amide bonds. The fourth-order valence-electron chi connectivity index (χ4n) is 1.93. The summed E-state index contributed by atoms with van der Waals surface area (Å²) in [6.45, 7) is 1.40. The molecule has 0 atom stereocenters. The molecule has 0 bridgehead atoms. The first-order valence-corrected chi connectivity index (χ1v) is 7.23.